The summed E-state index contributed by atoms with van der Waals surface area (Å²) in [7, 11) is 0. The van der Waals surface area contributed by atoms with Crippen molar-refractivity contribution in [3.8, 4) is 5.75 Å². The van der Waals surface area contributed by atoms with Gasteiger partial charge in [-0.2, -0.15) is 0 Å². The zero-order valence-electron chi connectivity index (χ0n) is 11.5. The van der Waals surface area contributed by atoms with Crippen LogP contribution in [-0.4, -0.2) is 6.61 Å². The Labute approximate surface area is 142 Å². The van der Waals surface area contributed by atoms with Gasteiger partial charge in [0, 0.05) is 3.57 Å². The molecular formula is C16H17BrINO. The van der Waals surface area contributed by atoms with Gasteiger partial charge < -0.3 is 10.5 Å². The molecule has 20 heavy (non-hydrogen) atoms. The molecule has 4 heteroatoms. The summed E-state index contributed by atoms with van der Waals surface area (Å²) in [6, 6.07) is 12.1. The minimum atomic E-state index is -0.131. The van der Waals surface area contributed by atoms with Crippen molar-refractivity contribution in [1.82, 2.24) is 0 Å². The number of benzene rings is 2. The van der Waals surface area contributed by atoms with Crippen LogP contribution in [0.2, 0.25) is 0 Å². The van der Waals surface area contributed by atoms with Gasteiger partial charge in [0.1, 0.15) is 5.75 Å². The molecule has 0 saturated carbocycles. The van der Waals surface area contributed by atoms with Crippen molar-refractivity contribution in [1.29, 1.82) is 0 Å². The van der Waals surface area contributed by atoms with E-state index in [1.54, 1.807) is 0 Å². The quantitative estimate of drug-likeness (QED) is 0.685. The molecule has 0 amide bonds. The SMILES string of the molecule is CCOc1ccc(C(N)c2cccc(C)c2I)cc1Br. The second-order valence-corrected chi connectivity index (χ2v) is 6.51. The summed E-state index contributed by atoms with van der Waals surface area (Å²) in [5.41, 5.74) is 9.89. The van der Waals surface area contributed by atoms with E-state index >= 15 is 0 Å². The summed E-state index contributed by atoms with van der Waals surface area (Å²) >= 11 is 5.90. The highest BCUT2D eigenvalue weighted by molar-refractivity contribution is 14.1. The highest BCUT2D eigenvalue weighted by atomic mass is 127. The molecule has 0 aliphatic carbocycles. The average molecular weight is 446 g/mol. The average Bonchev–Trinajstić information content (AvgIpc) is 2.43. The normalized spacial score (nSPS) is 12.2. The third kappa shape index (κ3) is 3.35. The van der Waals surface area contributed by atoms with Gasteiger partial charge in [-0.05, 0) is 81.2 Å². The van der Waals surface area contributed by atoms with E-state index in [1.165, 1.54) is 9.13 Å². The molecule has 1 atom stereocenters. The van der Waals surface area contributed by atoms with E-state index in [2.05, 4.69) is 63.6 Å². The topological polar surface area (TPSA) is 35.2 Å². The van der Waals surface area contributed by atoms with Crippen molar-refractivity contribution >= 4 is 38.5 Å². The molecule has 1 unspecified atom stereocenters. The molecule has 0 aliphatic heterocycles. The van der Waals surface area contributed by atoms with Crippen LogP contribution in [0.1, 0.15) is 29.7 Å². The van der Waals surface area contributed by atoms with Gasteiger partial charge in [-0.1, -0.05) is 24.3 Å². The Hall–Kier alpha value is -0.590. The Morgan fingerprint density at radius 3 is 2.70 bits per heavy atom. The number of hydrogen-bond acceptors (Lipinski definition) is 2. The lowest BCUT2D eigenvalue weighted by Gasteiger charge is -2.17. The minimum Gasteiger partial charge on any atom is -0.493 e. The summed E-state index contributed by atoms with van der Waals surface area (Å²) < 4.78 is 7.70. The van der Waals surface area contributed by atoms with E-state index in [0.29, 0.717) is 6.61 Å². The van der Waals surface area contributed by atoms with Crippen LogP contribution >= 0.6 is 38.5 Å². The van der Waals surface area contributed by atoms with Gasteiger partial charge in [-0.15, -0.1) is 0 Å². The third-order valence-corrected chi connectivity index (χ3v) is 5.26. The maximum absolute atomic E-state index is 6.41. The molecule has 0 heterocycles. The first kappa shape index (κ1) is 15.8. The Kier molecular flexibility index (Phi) is 5.46. The van der Waals surface area contributed by atoms with E-state index in [9.17, 15) is 0 Å². The molecule has 2 N–H and O–H groups in total. The first-order chi connectivity index (χ1) is 9.54. The smallest absolute Gasteiger partial charge is 0.133 e. The molecule has 0 spiro atoms. The molecule has 0 aromatic heterocycles. The molecule has 0 bridgehead atoms. The number of nitrogens with two attached hydrogens (primary N) is 1. The molecule has 2 aromatic rings. The fourth-order valence-electron chi connectivity index (χ4n) is 2.07. The monoisotopic (exact) mass is 445 g/mol. The van der Waals surface area contributed by atoms with Crippen molar-refractivity contribution in [2.75, 3.05) is 6.61 Å². The Balaban J connectivity index is 2.36. The standard InChI is InChI=1S/C16H17BrINO/c1-3-20-14-8-7-11(9-13(14)17)16(19)12-6-4-5-10(2)15(12)18/h4-9,16H,3,19H2,1-2H3. The number of rotatable bonds is 4. The molecule has 0 fully saturated rings. The summed E-state index contributed by atoms with van der Waals surface area (Å²) in [5.74, 6) is 0.849. The predicted octanol–water partition coefficient (Wildman–Crippen LogP) is 4.81. The van der Waals surface area contributed by atoms with Crippen LogP contribution in [0.5, 0.6) is 5.75 Å². The van der Waals surface area contributed by atoms with Crippen LogP contribution in [0.3, 0.4) is 0 Å². The lowest BCUT2D eigenvalue weighted by molar-refractivity contribution is 0.338. The van der Waals surface area contributed by atoms with Gasteiger partial charge in [0.2, 0.25) is 0 Å². The number of halogens is 2. The van der Waals surface area contributed by atoms with Gasteiger partial charge in [0.25, 0.3) is 0 Å². The first-order valence-corrected chi connectivity index (χ1v) is 8.34. The van der Waals surface area contributed by atoms with Crippen molar-refractivity contribution < 1.29 is 4.74 Å². The molecule has 2 rings (SSSR count). The lowest BCUT2D eigenvalue weighted by atomic mass is 9.98. The zero-order valence-corrected chi connectivity index (χ0v) is 15.2. The summed E-state index contributed by atoms with van der Waals surface area (Å²) in [6.45, 7) is 4.73. The summed E-state index contributed by atoms with van der Waals surface area (Å²) in [5, 5.41) is 0. The third-order valence-electron chi connectivity index (χ3n) is 3.17. The molecule has 2 nitrogen and oxygen atoms in total. The highest BCUT2D eigenvalue weighted by Gasteiger charge is 2.14. The van der Waals surface area contributed by atoms with Crippen LogP contribution in [0.25, 0.3) is 0 Å². The van der Waals surface area contributed by atoms with Crippen molar-refractivity contribution in [3.05, 3.63) is 61.1 Å². The molecule has 0 radical (unpaired) electrons. The van der Waals surface area contributed by atoms with Crippen LogP contribution in [0.4, 0.5) is 0 Å². The van der Waals surface area contributed by atoms with Crippen molar-refractivity contribution in [2.24, 2.45) is 5.73 Å². The second kappa shape index (κ2) is 6.91. The van der Waals surface area contributed by atoms with Gasteiger partial charge >= 0.3 is 0 Å². The fraction of sp³-hybridized carbons (Fsp3) is 0.250. The Morgan fingerprint density at radius 1 is 1.30 bits per heavy atom. The highest BCUT2D eigenvalue weighted by Crippen LogP contribution is 2.31. The van der Waals surface area contributed by atoms with Crippen LogP contribution < -0.4 is 10.5 Å². The molecule has 2 aromatic carbocycles. The van der Waals surface area contributed by atoms with Gasteiger partial charge in [0.05, 0.1) is 17.1 Å². The molecule has 0 aliphatic rings. The van der Waals surface area contributed by atoms with Gasteiger partial charge in [0.15, 0.2) is 0 Å². The van der Waals surface area contributed by atoms with Crippen molar-refractivity contribution in [2.45, 2.75) is 19.9 Å². The Morgan fingerprint density at radius 2 is 2.05 bits per heavy atom. The van der Waals surface area contributed by atoms with Crippen LogP contribution in [0, 0.1) is 10.5 Å². The van der Waals surface area contributed by atoms with E-state index < -0.39 is 0 Å². The maximum atomic E-state index is 6.41. The maximum Gasteiger partial charge on any atom is 0.133 e. The van der Waals surface area contributed by atoms with Crippen LogP contribution in [0.15, 0.2) is 40.9 Å². The Bertz CT molecular complexity index is 615. The van der Waals surface area contributed by atoms with Crippen molar-refractivity contribution in [3.63, 3.8) is 0 Å². The molecule has 0 saturated heterocycles. The summed E-state index contributed by atoms with van der Waals surface area (Å²) in [6.07, 6.45) is 0. The second-order valence-electron chi connectivity index (χ2n) is 4.58. The van der Waals surface area contributed by atoms with E-state index in [4.69, 9.17) is 10.5 Å². The first-order valence-electron chi connectivity index (χ1n) is 6.47. The lowest BCUT2D eigenvalue weighted by Crippen LogP contribution is -2.14. The number of aryl methyl sites for hydroxylation is 1. The van der Waals surface area contributed by atoms with Crippen LogP contribution in [-0.2, 0) is 0 Å². The number of ether oxygens (including phenoxy) is 1. The largest absolute Gasteiger partial charge is 0.493 e. The molecular weight excluding hydrogens is 429 g/mol. The van der Waals surface area contributed by atoms with E-state index in [1.807, 2.05) is 25.1 Å². The van der Waals surface area contributed by atoms with Gasteiger partial charge in [-0.3, -0.25) is 0 Å². The minimum absolute atomic E-state index is 0.131. The fourth-order valence-corrected chi connectivity index (χ4v) is 3.28. The number of hydrogen-bond donors (Lipinski definition) is 1. The van der Waals surface area contributed by atoms with Gasteiger partial charge in [-0.25, -0.2) is 0 Å². The van der Waals surface area contributed by atoms with E-state index in [-0.39, 0.29) is 6.04 Å². The van der Waals surface area contributed by atoms with E-state index in [0.717, 1.165) is 21.3 Å². The zero-order chi connectivity index (χ0) is 14.7. The predicted molar refractivity (Wildman–Crippen MR) is 95.2 cm³/mol. The molecule has 106 valence electrons. The summed E-state index contributed by atoms with van der Waals surface area (Å²) in [4.78, 5) is 0.